The van der Waals surface area contributed by atoms with Crippen molar-refractivity contribution in [2.45, 2.75) is 6.54 Å². The highest BCUT2D eigenvalue weighted by molar-refractivity contribution is 9.10. The number of methoxy groups -OCH3 is 1. The Kier molecular flexibility index (Phi) is 5.09. The molecule has 2 aromatic carbocycles. The van der Waals surface area contributed by atoms with Crippen LogP contribution in [0.3, 0.4) is 0 Å². The highest BCUT2D eigenvalue weighted by atomic mass is 79.9. The molecule has 0 fully saturated rings. The number of carboxylic acid groups (broad SMARTS) is 1. The van der Waals surface area contributed by atoms with Gasteiger partial charge in [0.25, 0.3) is 0 Å². The van der Waals surface area contributed by atoms with Gasteiger partial charge >= 0.3 is 5.97 Å². The van der Waals surface area contributed by atoms with Crippen molar-refractivity contribution in [3.63, 3.8) is 0 Å². The molecule has 0 saturated heterocycles. The van der Waals surface area contributed by atoms with Crippen LogP contribution in [0.2, 0.25) is 5.02 Å². The molecule has 0 amide bonds. The summed E-state index contributed by atoms with van der Waals surface area (Å²) in [6, 6.07) is 10.5. The van der Waals surface area contributed by atoms with Gasteiger partial charge in [-0.2, -0.15) is 0 Å². The van der Waals surface area contributed by atoms with Crippen molar-refractivity contribution in [1.82, 2.24) is 0 Å². The van der Waals surface area contributed by atoms with E-state index in [1.807, 2.05) is 18.2 Å². The molecule has 2 rings (SSSR count). The van der Waals surface area contributed by atoms with Crippen LogP contribution in [0.25, 0.3) is 0 Å². The molecule has 0 aromatic heterocycles. The first-order chi connectivity index (χ1) is 10.0. The minimum atomic E-state index is -1.04. The summed E-state index contributed by atoms with van der Waals surface area (Å²) in [6.45, 7) is 0.533. The molecule has 0 aliphatic carbocycles. The summed E-state index contributed by atoms with van der Waals surface area (Å²) >= 11 is 9.36. The number of aromatic carboxylic acids is 1. The predicted molar refractivity (Wildman–Crippen MR) is 86.4 cm³/mol. The van der Waals surface area contributed by atoms with E-state index >= 15 is 0 Å². The van der Waals surface area contributed by atoms with E-state index in [-0.39, 0.29) is 10.6 Å². The zero-order valence-electron chi connectivity index (χ0n) is 11.2. The van der Waals surface area contributed by atoms with Crippen LogP contribution in [0.5, 0.6) is 5.75 Å². The Bertz CT molecular complexity index is 676. The molecule has 6 heteroatoms. The maximum absolute atomic E-state index is 10.9. The van der Waals surface area contributed by atoms with Gasteiger partial charge in [0.05, 0.1) is 17.7 Å². The number of carbonyl (C=O) groups is 1. The average Bonchev–Trinajstić information content (AvgIpc) is 2.45. The first-order valence-corrected chi connectivity index (χ1v) is 7.27. The van der Waals surface area contributed by atoms with E-state index in [0.29, 0.717) is 6.54 Å². The Hall–Kier alpha value is -1.72. The first kappa shape index (κ1) is 15.7. The van der Waals surface area contributed by atoms with Crippen LogP contribution in [0.15, 0.2) is 40.9 Å². The number of halogens is 2. The van der Waals surface area contributed by atoms with Crippen molar-refractivity contribution in [3.05, 3.63) is 57.0 Å². The minimum Gasteiger partial charge on any atom is -0.496 e. The topological polar surface area (TPSA) is 58.6 Å². The van der Waals surface area contributed by atoms with Crippen LogP contribution in [0.1, 0.15) is 15.9 Å². The molecule has 0 aliphatic heterocycles. The van der Waals surface area contributed by atoms with E-state index in [1.54, 1.807) is 19.2 Å². The lowest BCUT2D eigenvalue weighted by molar-refractivity contribution is 0.0697. The van der Waals surface area contributed by atoms with Crippen molar-refractivity contribution >= 4 is 39.2 Å². The molecule has 4 nitrogen and oxygen atoms in total. The quantitative estimate of drug-likeness (QED) is 0.818. The summed E-state index contributed by atoms with van der Waals surface area (Å²) in [4.78, 5) is 10.9. The molecule has 0 heterocycles. The standard InChI is InChI=1S/C15H13BrClNO3/c1-21-14-5-2-10(16)6-9(14)8-18-11-3-4-12(15(19)20)13(17)7-11/h2-7,18H,8H2,1H3,(H,19,20). The van der Waals surface area contributed by atoms with E-state index in [2.05, 4.69) is 21.2 Å². The number of nitrogens with one attached hydrogen (secondary N) is 1. The second-order valence-corrected chi connectivity index (χ2v) is 5.63. The minimum absolute atomic E-state index is 0.0854. The maximum atomic E-state index is 10.9. The van der Waals surface area contributed by atoms with Crippen LogP contribution < -0.4 is 10.1 Å². The number of hydrogen-bond acceptors (Lipinski definition) is 3. The Morgan fingerprint density at radius 2 is 2.10 bits per heavy atom. The van der Waals surface area contributed by atoms with Crippen molar-refractivity contribution in [1.29, 1.82) is 0 Å². The molecule has 110 valence electrons. The zero-order chi connectivity index (χ0) is 15.4. The fraction of sp³-hybridized carbons (Fsp3) is 0.133. The summed E-state index contributed by atoms with van der Waals surface area (Å²) in [6.07, 6.45) is 0. The Labute approximate surface area is 135 Å². The second kappa shape index (κ2) is 6.83. The molecule has 0 saturated carbocycles. The van der Waals surface area contributed by atoms with Gasteiger partial charge in [-0.25, -0.2) is 4.79 Å². The lowest BCUT2D eigenvalue weighted by atomic mass is 10.1. The predicted octanol–water partition coefficient (Wildman–Crippen LogP) is 4.42. The van der Waals surface area contributed by atoms with Gasteiger partial charge in [0.2, 0.25) is 0 Å². The molecular formula is C15H13BrClNO3. The first-order valence-electron chi connectivity index (χ1n) is 6.10. The molecule has 0 spiro atoms. The lowest BCUT2D eigenvalue weighted by Crippen LogP contribution is -2.03. The van der Waals surface area contributed by atoms with Gasteiger partial charge < -0.3 is 15.2 Å². The Balaban J connectivity index is 2.15. The molecule has 2 N–H and O–H groups in total. The number of carboxylic acids is 1. The van der Waals surface area contributed by atoms with Gasteiger partial charge in [-0.3, -0.25) is 0 Å². The summed E-state index contributed by atoms with van der Waals surface area (Å²) < 4.78 is 6.26. The van der Waals surface area contributed by atoms with Gasteiger partial charge in [0.15, 0.2) is 0 Å². The van der Waals surface area contributed by atoms with Crippen LogP contribution in [-0.4, -0.2) is 18.2 Å². The van der Waals surface area contributed by atoms with Gasteiger partial charge in [-0.05, 0) is 36.4 Å². The van der Waals surface area contributed by atoms with Crippen LogP contribution in [-0.2, 0) is 6.54 Å². The Morgan fingerprint density at radius 1 is 1.33 bits per heavy atom. The van der Waals surface area contributed by atoms with Crippen molar-refractivity contribution in [2.24, 2.45) is 0 Å². The molecule has 2 aromatic rings. The molecule has 0 atom stereocenters. The fourth-order valence-electron chi connectivity index (χ4n) is 1.88. The molecule has 0 radical (unpaired) electrons. The third-order valence-electron chi connectivity index (χ3n) is 2.92. The van der Waals surface area contributed by atoms with Gasteiger partial charge in [-0.15, -0.1) is 0 Å². The van der Waals surface area contributed by atoms with Crippen LogP contribution in [0, 0.1) is 0 Å². The monoisotopic (exact) mass is 369 g/mol. The number of rotatable bonds is 5. The van der Waals surface area contributed by atoms with E-state index in [4.69, 9.17) is 21.4 Å². The molecular weight excluding hydrogens is 358 g/mol. The van der Waals surface area contributed by atoms with Crippen molar-refractivity contribution < 1.29 is 14.6 Å². The zero-order valence-corrected chi connectivity index (χ0v) is 13.5. The molecule has 21 heavy (non-hydrogen) atoms. The average molecular weight is 371 g/mol. The van der Waals surface area contributed by atoms with Crippen LogP contribution >= 0.6 is 27.5 Å². The van der Waals surface area contributed by atoms with E-state index in [0.717, 1.165) is 21.5 Å². The summed E-state index contributed by atoms with van der Waals surface area (Å²) in [7, 11) is 1.62. The van der Waals surface area contributed by atoms with E-state index < -0.39 is 5.97 Å². The fourth-order valence-corrected chi connectivity index (χ4v) is 2.55. The largest absolute Gasteiger partial charge is 0.496 e. The molecule has 0 bridgehead atoms. The summed E-state index contributed by atoms with van der Waals surface area (Å²) in [5, 5.41) is 12.3. The van der Waals surface area contributed by atoms with Gasteiger partial charge in [0.1, 0.15) is 5.75 Å². The third kappa shape index (κ3) is 3.89. The van der Waals surface area contributed by atoms with E-state index in [1.165, 1.54) is 6.07 Å². The smallest absolute Gasteiger partial charge is 0.337 e. The lowest BCUT2D eigenvalue weighted by Gasteiger charge is -2.12. The second-order valence-electron chi connectivity index (χ2n) is 4.31. The maximum Gasteiger partial charge on any atom is 0.337 e. The number of hydrogen-bond donors (Lipinski definition) is 2. The highest BCUT2D eigenvalue weighted by Crippen LogP contribution is 2.25. The number of ether oxygens (including phenoxy) is 1. The van der Waals surface area contributed by atoms with E-state index in [9.17, 15) is 4.79 Å². The molecule has 0 aliphatic rings. The number of benzene rings is 2. The van der Waals surface area contributed by atoms with Gasteiger partial charge in [0, 0.05) is 22.3 Å². The molecule has 0 unspecified atom stereocenters. The van der Waals surface area contributed by atoms with Crippen molar-refractivity contribution in [3.8, 4) is 5.75 Å². The SMILES string of the molecule is COc1ccc(Br)cc1CNc1ccc(C(=O)O)c(Cl)c1. The highest BCUT2D eigenvalue weighted by Gasteiger charge is 2.09. The Morgan fingerprint density at radius 3 is 2.71 bits per heavy atom. The van der Waals surface area contributed by atoms with Gasteiger partial charge in [-0.1, -0.05) is 27.5 Å². The van der Waals surface area contributed by atoms with Crippen molar-refractivity contribution in [2.75, 3.05) is 12.4 Å². The summed E-state index contributed by atoms with van der Waals surface area (Å²) in [5.74, 6) is -0.265. The number of anilines is 1. The third-order valence-corrected chi connectivity index (χ3v) is 3.73. The summed E-state index contributed by atoms with van der Waals surface area (Å²) in [5.41, 5.74) is 1.81. The normalized spacial score (nSPS) is 10.2. The van der Waals surface area contributed by atoms with Crippen LogP contribution in [0.4, 0.5) is 5.69 Å².